The van der Waals surface area contributed by atoms with E-state index in [1.54, 1.807) is 4.90 Å². The fourth-order valence-corrected chi connectivity index (χ4v) is 3.82. The summed E-state index contributed by atoms with van der Waals surface area (Å²) >= 11 is 6.23. The lowest BCUT2D eigenvalue weighted by molar-refractivity contribution is 0.0600. The number of likely N-dealkylation sites (N-methyl/N-ethyl adjacent to an activating group) is 1. The molecule has 3 rings (SSSR count). The van der Waals surface area contributed by atoms with Gasteiger partial charge < -0.3 is 14.5 Å². The van der Waals surface area contributed by atoms with Crippen molar-refractivity contribution < 1.29 is 23.1 Å². The minimum atomic E-state index is -0.661. The molecule has 0 aromatic heterocycles. The fourth-order valence-electron chi connectivity index (χ4n) is 3.55. The molecule has 1 fully saturated rings. The average Bonchev–Trinajstić information content (AvgIpc) is 3.23. The van der Waals surface area contributed by atoms with Crippen LogP contribution in [0.25, 0.3) is 0 Å². The van der Waals surface area contributed by atoms with Crippen LogP contribution in [-0.4, -0.2) is 62.1 Å². The number of rotatable bonds is 5. The van der Waals surface area contributed by atoms with Crippen molar-refractivity contribution in [3.63, 3.8) is 0 Å². The number of likely N-dealkylation sites (tertiary alicyclic amines) is 1. The normalized spacial score (nSPS) is 16.0. The van der Waals surface area contributed by atoms with Crippen molar-refractivity contribution in [3.8, 4) is 0 Å². The molecule has 1 atom stereocenters. The van der Waals surface area contributed by atoms with E-state index in [2.05, 4.69) is 4.74 Å². The van der Waals surface area contributed by atoms with Crippen LogP contribution in [0.4, 0.5) is 19.3 Å². The van der Waals surface area contributed by atoms with Crippen LogP contribution in [0, 0.1) is 11.6 Å². The molecule has 166 valence electrons. The van der Waals surface area contributed by atoms with Gasteiger partial charge >= 0.3 is 12.0 Å². The number of urea groups is 1. The van der Waals surface area contributed by atoms with Crippen molar-refractivity contribution in [2.75, 3.05) is 39.2 Å². The molecule has 0 bridgehead atoms. The third-order valence-electron chi connectivity index (χ3n) is 5.40. The summed E-state index contributed by atoms with van der Waals surface area (Å²) in [5.41, 5.74) is 0.525. The van der Waals surface area contributed by atoms with E-state index in [0.29, 0.717) is 13.1 Å². The maximum atomic E-state index is 14.7. The first-order valence-corrected chi connectivity index (χ1v) is 10.1. The number of carbonyl (C=O) groups is 2. The number of amides is 2. The third kappa shape index (κ3) is 5.14. The number of methoxy groups -OCH3 is 1. The first kappa shape index (κ1) is 23.0. The monoisotopic (exact) mass is 451 g/mol. The summed E-state index contributed by atoms with van der Waals surface area (Å²) in [4.78, 5) is 30.1. The van der Waals surface area contributed by atoms with Gasteiger partial charge in [-0.2, -0.15) is 0 Å². The number of esters is 1. The van der Waals surface area contributed by atoms with Crippen LogP contribution >= 0.6 is 11.6 Å². The van der Waals surface area contributed by atoms with Gasteiger partial charge in [-0.15, -0.1) is 0 Å². The van der Waals surface area contributed by atoms with Crippen molar-refractivity contribution in [3.05, 3.63) is 64.2 Å². The highest BCUT2D eigenvalue weighted by atomic mass is 35.5. The maximum Gasteiger partial charge on any atom is 0.337 e. The van der Waals surface area contributed by atoms with Gasteiger partial charge in [-0.25, -0.2) is 18.4 Å². The number of halogens is 3. The van der Waals surface area contributed by atoms with Crippen LogP contribution in [0.1, 0.15) is 22.3 Å². The highest BCUT2D eigenvalue weighted by Crippen LogP contribution is 2.30. The summed E-state index contributed by atoms with van der Waals surface area (Å²) < 4.78 is 32.9. The predicted octanol–water partition coefficient (Wildman–Crippen LogP) is 4.17. The number of hydrogen-bond acceptors (Lipinski definition) is 4. The van der Waals surface area contributed by atoms with Gasteiger partial charge in [-0.05, 0) is 50.8 Å². The lowest BCUT2D eigenvalue weighted by Gasteiger charge is -2.29. The zero-order valence-corrected chi connectivity index (χ0v) is 18.3. The van der Waals surface area contributed by atoms with Crippen LogP contribution in [0.2, 0.25) is 5.02 Å². The summed E-state index contributed by atoms with van der Waals surface area (Å²) in [7, 11) is 5.11. The Labute approximate surface area is 184 Å². The molecule has 0 radical (unpaired) electrons. The molecule has 0 unspecified atom stereocenters. The Morgan fingerprint density at radius 2 is 1.94 bits per heavy atom. The minimum absolute atomic E-state index is 0.0447. The molecule has 0 spiro atoms. The molecular weight excluding hydrogens is 428 g/mol. The molecular formula is C22H24ClF2N3O3. The van der Waals surface area contributed by atoms with Gasteiger partial charge in [-0.1, -0.05) is 17.7 Å². The van der Waals surface area contributed by atoms with Crippen molar-refractivity contribution in [1.29, 1.82) is 0 Å². The summed E-state index contributed by atoms with van der Waals surface area (Å²) in [6.45, 7) is 0.923. The van der Waals surface area contributed by atoms with Gasteiger partial charge in [0.15, 0.2) is 0 Å². The summed E-state index contributed by atoms with van der Waals surface area (Å²) in [6, 6.07) is 7.48. The molecule has 0 saturated carbocycles. The lowest BCUT2D eigenvalue weighted by Crippen LogP contribution is -2.43. The summed E-state index contributed by atoms with van der Waals surface area (Å²) in [6.07, 6.45) is 0.811. The Morgan fingerprint density at radius 3 is 2.52 bits per heavy atom. The molecule has 1 aliphatic heterocycles. The maximum absolute atomic E-state index is 14.7. The lowest BCUT2D eigenvalue weighted by atomic mass is 10.1. The van der Waals surface area contributed by atoms with E-state index in [-0.39, 0.29) is 40.5 Å². The van der Waals surface area contributed by atoms with Gasteiger partial charge in [0.05, 0.1) is 29.9 Å². The van der Waals surface area contributed by atoms with E-state index < -0.39 is 17.6 Å². The molecule has 31 heavy (non-hydrogen) atoms. The molecule has 6 nitrogen and oxygen atoms in total. The van der Waals surface area contributed by atoms with Crippen molar-refractivity contribution in [2.45, 2.75) is 19.0 Å². The topological polar surface area (TPSA) is 53.1 Å². The summed E-state index contributed by atoms with van der Waals surface area (Å²) in [5, 5.41) is 0.0447. The number of benzene rings is 2. The predicted molar refractivity (Wildman–Crippen MR) is 114 cm³/mol. The van der Waals surface area contributed by atoms with Crippen LogP contribution in [0.3, 0.4) is 0 Å². The van der Waals surface area contributed by atoms with Crippen LogP contribution < -0.4 is 4.90 Å². The van der Waals surface area contributed by atoms with E-state index in [1.165, 1.54) is 36.3 Å². The van der Waals surface area contributed by atoms with E-state index in [0.717, 1.165) is 18.6 Å². The van der Waals surface area contributed by atoms with Gasteiger partial charge in [-0.3, -0.25) is 4.90 Å². The first-order valence-electron chi connectivity index (χ1n) is 9.76. The quantitative estimate of drug-likeness (QED) is 0.640. The number of carbonyl (C=O) groups excluding carboxylic acids is 2. The average molecular weight is 452 g/mol. The molecule has 1 saturated heterocycles. The van der Waals surface area contributed by atoms with E-state index in [1.807, 2.05) is 19.0 Å². The second-order valence-corrected chi connectivity index (χ2v) is 8.02. The highest BCUT2D eigenvalue weighted by molar-refractivity contribution is 6.33. The van der Waals surface area contributed by atoms with E-state index >= 15 is 0 Å². The highest BCUT2D eigenvalue weighted by Gasteiger charge is 2.32. The Bertz CT molecular complexity index is 986. The largest absolute Gasteiger partial charge is 0.465 e. The second-order valence-electron chi connectivity index (χ2n) is 7.61. The number of anilines is 1. The molecule has 2 aromatic rings. The standard InChI is InChI=1S/C22H24ClF2N3O3/c1-26(2)17-8-9-27(13-17)22(30)28(20-7-6-16(24)11-18(20)23)12-15-5-4-14(10-19(15)25)21(29)31-3/h4-7,10-11,17H,8-9,12-13H2,1-3H3/t17-/m0/s1. The molecule has 9 heteroatoms. The smallest absolute Gasteiger partial charge is 0.337 e. The van der Waals surface area contributed by atoms with E-state index in [4.69, 9.17) is 11.6 Å². The van der Waals surface area contributed by atoms with Crippen LogP contribution in [0.15, 0.2) is 36.4 Å². The minimum Gasteiger partial charge on any atom is -0.465 e. The summed E-state index contributed by atoms with van der Waals surface area (Å²) in [5.74, 6) is -1.86. The van der Waals surface area contributed by atoms with Crippen LogP contribution in [-0.2, 0) is 11.3 Å². The second kappa shape index (κ2) is 9.62. The van der Waals surface area contributed by atoms with Gasteiger partial charge in [0, 0.05) is 24.7 Å². The van der Waals surface area contributed by atoms with E-state index in [9.17, 15) is 18.4 Å². The number of nitrogens with zero attached hydrogens (tertiary/aromatic N) is 3. The number of ether oxygens (including phenoxy) is 1. The SMILES string of the molecule is COC(=O)c1ccc(CN(C(=O)N2CC[C@H](N(C)C)C2)c2ccc(F)cc2Cl)c(F)c1. The van der Waals surface area contributed by atoms with Gasteiger partial charge in [0.25, 0.3) is 0 Å². The Hall–Kier alpha value is -2.71. The zero-order chi connectivity index (χ0) is 22.7. The fraction of sp³-hybridized carbons (Fsp3) is 0.364. The van der Waals surface area contributed by atoms with Crippen molar-refractivity contribution in [1.82, 2.24) is 9.80 Å². The Balaban J connectivity index is 1.93. The molecule has 2 aromatic carbocycles. The van der Waals surface area contributed by atoms with Crippen LogP contribution in [0.5, 0.6) is 0 Å². The molecule has 1 heterocycles. The third-order valence-corrected chi connectivity index (χ3v) is 5.70. The van der Waals surface area contributed by atoms with Crippen molar-refractivity contribution in [2.24, 2.45) is 0 Å². The molecule has 0 N–H and O–H groups in total. The molecule has 0 aliphatic carbocycles. The first-order chi connectivity index (χ1) is 14.7. The van der Waals surface area contributed by atoms with Gasteiger partial charge in [0.1, 0.15) is 11.6 Å². The number of hydrogen-bond donors (Lipinski definition) is 0. The Morgan fingerprint density at radius 1 is 1.19 bits per heavy atom. The van der Waals surface area contributed by atoms with Gasteiger partial charge in [0.2, 0.25) is 0 Å². The zero-order valence-electron chi connectivity index (χ0n) is 17.6. The molecule has 2 amide bonds. The Kier molecular flexibility index (Phi) is 7.12. The van der Waals surface area contributed by atoms with Crippen molar-refractivity contribution >= 4 is 29.3 Å². The molecule has 1 aliphatic rings.